The van der Waals surface area contributed by atoms with Crippen LogP contribution in [0.25, 0.3) is 0 Å². The average molecular weight is 510 g/mol. The van der Waals surface area contributed by atoms with Gasteiger partial charge in [-0.25, -0.2) is 13.8 Å². The zero-order chi connectivity index (χ0) is 22.4. The first-order valence-corrected chi connectivity index (χ1v) is 11.5. The van der Waals surface area contributed by atoms with E-state index in [1.54, 1.807) is 24.3 Å². The first kappa shape index (κ1) is 23.0. The molecule has 0 spiro atoms. The summed E-state index contributed by atoms with van der Waals surface area (Å²) < 4.78 is 27.7. The second-order valence-corrected chi connectivity index (χ2v) is 9.63. The van der Waals surface area contributed by atoms with Gasteiger partial charge in [0.25, 0.3) is 11.6 Å². The molecule has 0 aromatic heterocycles. The van der Waals surface area contributed by atoms with Crippen LogP contribution in [0.3, 0.4) is 0 Å². The van der Waals surface area contributed by atoms with E-state index in [0.29, 0.717) is 18.7 Å². The summed E-state index contributed by atoms with van der Waals surface area (Å²) in [6, 6.07) is 12.2. The Labute approximate surface area is 187 Å². The zero-order valence-electron chi connectivity index (χ0n) is 16.3. The third-order valence-electron chi connectivity index (χ3n) is 4.66. The molecule has 0 radical (unpaired) electrons. The number of hydrogen-bond donors (Lipinski definition) is 1. The average Bonchev–Trinajstić information content (AvgIpc) is 2.75. The number of benzene rings is 2. The van der Waals surface area contributed by atoms with Crippen LogP contribution >= 0.6 is 15.9 Å². The highest BCUT2D eigenvalue weighted by Crippen LogP contribution is 2.20. The number of piperazine rings is 1. The highest BCUT2D eigenvalue weighted by Gasteiger charge is 2.28. The maximum Gasteiger partial charge on any atom is 0.269 e. The Balaban J connectivity index is 1.46. The highest BCUT2D eigenvalue weighted by molar-refractivity contribution is 9.10. The van der Waals surface area contributed by atoms with E-state index in [2.05, 4.69) is 26.5 Å². The number of hydrogen-bond acceptors (Lipinski definition) is 7. The first-order chi connectivity index (χ1) is 14.8. The van der Waals surface area contributed by atoms with E-state index in [1.807, 2.05) is 4.90 Å². The summed E-state index contributed by atoms with van der Waals surface area (Å²) in [5.74, 6) is -0.331. The zero-order valence-corrected chi connectivity index (χ0v) is 18.8. The lowest BCUT2D eigenvalue weighted by molar-refractivity contribution is -0.384. The van der Waals surface area contributed by atoms with Crippen LogP contribution in [-0.2, 0) is 14.8 Å². The molecule has 164 valence electrons. The molecule has 1 saturated heterocycles. The standard InChI is InChI=1S/C19H20BrN5O5S/c20-16-3-7-18(8-4-16)31(29,30)24-11-9-23(10-12-24)14-19(26)22-21-13-15-1-5-17(6-2-15)25(27)28/h1-8,13H,9-12,14H2,(H,22,26)/b21-13-. The lowest BCUT2D eigenvalue weighted by Crippen LogP contribution is -2.50. The topological polar surface area (TPSA) is 125 Å². The summed E-state index contributed by atoms with van der Waals surface area (Å²) in [5, 5.41) is 14.5. The van der Waals surface area contributed by atoms with Gasteiger partial charge in [-0.3, -0.25) is 19.8 Å². The third-order valence-corrected chi connectivity index (χ3v) is 7.10. The largest absolute Gasteiger partial charge is 0.292 e. The number of non-ortho nitro benzene ring substituents is 1. The van der Waals surface area contributed by atoms with Crippen LogP contribution in [0, 0.1) is 10.1 Å². The molecule has 0 unspecified atom stereocenters. The van der Waals surface area contributed by atoms with Gasteiger partial charge in [0.15, 0.2) is 0 Å². The summed E-state index contributed by atoms with van der Waals surface area (Å²) in [7, 11) is -3.56. The summed E-state index contributed by atoms with van der Waals surface area (Å²) >= 11 is 3.29. The Bertz CT molecular complexity index is 1070. The molecule has 2 aromatic carbocycles. The van der Waals surface area contributed by atoms with Crippen molar-refractivity contribution in [2.24, 2.45) is 5.10 Å². The van der Waals surface area contributed by atoms with Gasteiger partial charge in [0.1, 0.15) is 0 Å². The maximum absolute atomic E-state index is 12.7. The van der Waals surface area contributed by atoms with E-state index >= 15 is 0 Å². The van der Waals surface area contributed by atoms with Gasteiger partial charge in [-0.1, -0.05) is 15.9 Å². The van der Waals surface area contributed by atoms with Crippen molar-refractivity contribution >= 4 is 43.8 Å². The normalized spacial score (nSPS) is 15.8. The van der Waals surface area contributed by atoms with Gasteiger partial charge >= 0.3 is 0 Å². The van der Waals surface area contributed by atoms with E-state index in [9.17, 15) is 23.3 Å². The molecule has 0 saturated carbocycles. The van der Waals surface area contributed by atoms with E-state index in [-0.39, 0.29) is 36.1 Å². The number of halogens is 1. The highest BCUT2D eigenvalue weighted by atomic mass is 79.9. The lowest BCUT2D eigenvalue weighted by Gasteiger charge is -2.33. The molecule has 1 amide bonds. The summed E-state index contributed by atoms with van der Waals surface area (Å²) in [6.07, 6.45) is 1.39. The smallest absolute Gasteiger partial charge is 0.269 e. The van der Waals surface area contributed by atoms with E-state index in [4.69, 9.17) is 0 Å². The quantitative estimate of drug-likeness (QED) is 0.344. The van der Waals surface area contributed by atoms with Crippen LogP contribution in [0.2, 0.25) is 0 Å². The second kappa shape index (κ2) is 10.1. The van der Waals surface area contributed by atoms with E-state index < -0.39 is 14.9 Å². The van der Waals surface area contributed by atoms with Gasteiger partial charge in [0.05, 0.1) is 22.6 Å². The molecule has 10 nitrogen and oxygen atoms in total. The molecule has 1 fully saturated rings. The molecule has 1 heterocycles. The Hall–Kier alpha value is -2.67. The van der Waals surface area contributed by atoms with Gasteiger partial charge < -0.3 is 0 Å². The van der Waals surface area contributed by atoms with Crippen molar-refractivity contribution in [2.45, 2.75) is 4.90 Å². The Morgan fingerprint density at radius 2 is 1.71 bits per heavy atom. The molecule has 2 aromatic rings. The first-order valence-electron chi connectivity index (χ1n) is 9.30. The molecular formula is C19H20BrN5O5S. The molecule has 12 heteroatoms. The Morgan fingerprint density at radius 3 is 2.29 bits per heavy atom. The van der Waals surface area contributed by atoms with Crippen molar-refractivity contribution in [1.82, 2.24) is 14.6 Å². The number of carbonyl (C=O) groups is 1. The number of rotatable bonds is 7. The second-order valence-electron chi connectivity index (χ2n) is 6.78. The van der Waals surface area contributed by atoms with Gasteiger partial charge in [0.2, 0.25) is 10.0 Å². The van der Waals surface area contributed by atoms with Crippen molar-refractivity contribution in [2.75, 3.05) is 32.7 Å². The van der Waals surface area contributed by atoms with Crippen LogP contribution in [0.1, 0.15) is 5.56 Å². The summed E-state index contributed by atoms with van der Waals surface area (Å²) in [6.45, 7) is 1.52. The van der Waals surface area contributed by atoms with Gasteiger partial charge in [-0.05, 0) is 42.0 Å². The van der Waals surface area contributed by atoms with E-state index in [1.165, 1.54) is 34.8 Å². The van der Waals surface area contributed by atoms with Crippen molar-refractivity contribution in [1.29, 1.82) is 0 Å². The van der Waals surface area contributed by atoms with Crippen molar-refractivity contribution in [3.05, 3.63) is 68.7 Å². The molecule has 1 N–H and O–H groups in total. The van der Waals surface area contributed by atoms with Crippen LogP contribution in [0.15, 0.2) is 63.0 Å². The SMILES string of the molecule is O=C(CN1CCN(S(=O)(=O)c2ccc(Br)cc2)CC1)N/N=C\c1ccc([N+](=O)[O-])cc1. The van der Waals surface area contributed by atoms with Gasteiger partial charge in [-0.15, -0.1) is 0 Å². The van der Waals surface area contributed by atoms with Gasteiger partial charge in [0, 0.05) is 42.8 Å². The number of nitro benzene ring substituents is 1. The minimum atomic E-state index is -3.56. The molecule has 0 atom stereocenters. The minimum absolute atomic E-state index is 0.0255. The fourth-order valence-electron chi connectivity index (χ4n) is 2.98. The molecule has 0 aliphatic carbocycles. The fraction of sp³-hybridized carbons (Fsp3) is 0.263. The van der Waals surface area contributed by atoms with Crippen LogP contribution in [0.5, 0.6) is 0 Å². The molecular weight excluding hydrogens is 490 g/mol. The number of nitro groups is 1. The predicted molar refractivity (Wildman–Crippen MR) is 118 cm³/mol. The van der Waals surface area contributed by atoms with Crippen LogP contribution < -0.4 is 5.43 Å². The van der Waals surface area contributed by atoms with Crippen molar-refractivity contribution < 1.29 is 18.1 Å². The lowest BCUT2D eigenvalue weighted by atomic mass is 10.2. The van der Waals surface area contributed by atoms with Crippen molar-refractivity contribution in [3.8, 4) is 0 Å². The van der Waals surface area contributed by atoms with E-state index in [0.717, 1.165) is 4.47 Å². The molecule has 0 bridgehead atoms. The monoisotopic (exact) mass is 509 g/mol. The number of hydrazone groups is 1. The molecule has 1 aliphatic heterocycles. The molecule has 31 heavy (non-hydrogen) atoms. The minimum Gasteiger partial charge on any atom is -0.292 e. The Morgan fingerprint density at radius 1 is 1.10 bits per heavy atom. The van der Waals surface area contributed by atoms with Crippen LogP contribution in [0.4, 0.5) is 5.69 Å². The number of nitrogens with zero attached hydrogens (tertiary/aromatic N) is 4. The molecule has 1 aliphatic rings. The third kappa shape index (κ3) is 6.17. The number of nitrogens with one attached hydrogen (secondary N) is 1. The molecule has 3 rings (SSSR count). The number of carbonyl (C=O) groups excluding carboxylic acids is 1. The number of sulfonamides is 1. The Kier molecular flexibility index (Phi) is 7.49. The fourth-order valence-corrected chi connectivity index (χ4v) is 4.67. The number of amides is 1. The van der Waals surface area contributed by atoms with Crippen LogP contribution in [-0.4, -0.2) is 67.4 Å². The van der Waals surface area contributed by atoms with Crippen molar-refractivity contribution in [3.63, 3.8) is 0 Å². The summed E-state index contributed by atoms with van der Waals surface area (Å²) in [5.41, 5.74) is 2.99. The maximum atomic E-state index is 12.7. The predicted octanol–water partition coefficient (Wildman–Crippen LogP) is 1.81. The summed E-state index contributed by atoms with van der Waals surface area (Å²) in [4.78, 5) is 24.3. The van der Waals surface area contributed by atoms with Gasteiger partial charge in [-0.2, -0.15) is 9.41 Å².